The molecule has 2 heterocycles. The van der Waals surface area contributed by atoms with Gasteiger partial charge in [-0.15, -0.1) is 0 Å². The van der Waals surface area contributed by atoms with Crippen molar-refractivity contribution in [3.05, 3.63) is 46.2 Å². The molecule has 0 aromatic carbocycles. The number of alkyl carbamates (subject to hydrolysis) is 1. The molecule has 7 atom stereocenters. The molecular weight excluding hydrogens is 877 g/mol. The number of guanidine groups is 1. The van der Waals surface area contributed by atoms with E-state index in [1.54, 1.807) is 17.9 Å². The first-order valence-corrected chi connectivity index (χ1v) is 25.5. The van der Waals surface area contributed by atoms with Gasteiger partial charge in [0, 0.05) is 55.4 Å². The monoisotopic (exact) mass is 965 g/mol. The van der Waals surface area contributed by atoms with Gasteiger partial charge in [-0.2, -0.15) is 0 Å². The topological polar surface area (TPSA) is 220 Å². The number of allylic oxidation sites excluding steroid dienone is 2. The van der Waals surface area contributed by atoms with Gasteiger partial charge in [0.25, 0.3) is 5.56 Å². The average molecular weight is 965 g/mol. The summed E-state index contributed by atoms with van der Waals surface area (Å²) in [5.74, 6) is 1.89. The Morgan fingerprint density at radius 2 is 1.36 bits per heavy atom. The molecule has 17 nitrogen and oxygen atoms in total. The molecule has 1 aromatic rings. The number of carbonyl (C=O) groups excluding carboxylic acids is 4. The Balaban J connectivity index is 1.16. The SMILES string of the molecule is C=C1C=C(C)N=C(NC(=O)NCC2(C)CC(NC(=O)OCCC(CC)CC(CC)CCC(CC)CCOC(=O)N(C)C3CC(C)(C)CC(C)(CNC(=O)Nc4nc(C)cc(=O)[nH]4)C3)CC(C)(C)C2)N1. The highest BCUT2D eigenvalue weighted by atomic mass is 16.6. The van der Waals surface area contributed by atoms with Crippen molar-refractivity contribution in [2.24, 2.45) is 44.4 Å². The van der Waals surface area contributed by atoms with Crippen LogP contribution in [0.2, 0.25) is 0 Å². The maximum absolute atomic E-state index is 13.4. The van der Waals surface area contributed by atoms with E-state index in [0.29, 0.717) is 67.8 Å². The summed E-state index contributed by atoms with van der Waals surface area (Å²) in [4.78, 5) is 76.7. The number of nitrogens with one attached hydrogen (secondary N) is 7. The second-order valence-electron chi connectivity index (χ2n) is 22.9. The molecule has 388 valence electrons. The third-order valence-corrected chi connectivity index (χ3v) is 14.6. The van der Waals surface area contributed by atoms with Crippen molar-refractivity contribution < 1.29 is 28.7 Å². The Hall–Kier alpha value is -5.09. The molecule has 0 bridgehead atoms. The van der Waals surface area contributed by atoms with Crippen molar-refractivity contribution >= 4 is 36.2 Å². The van der Waals surface area contributed by atoms with E-state index in [1.807, 2.05) is 14.0 Å². The molecule has 1 aliphatic heterocycles. The van der Waals surface area contributed by atoms with E-state index in [4.69, 9.17) is 9.47 Å². The quantitative estimate of drug-likeness (QED) is 0.0622. The molecule has 0 spiro atoms. The number of aliphatic imine (C=N–C) groups is 1. The van der Waals surface area contributed by atoms with Crippen molar-refractivity contribution in [2.75, 3.05) is 38.7 Å². The fourth-order valence-electron chi connectivity index (χ4n) is 11.7. The zero-order chi connectivity index (χ0) is 51.2. The lowest BCUT2D eigenvalue weighted by atomic mass is 9.62. The van der Waals surface area contributed by atoms with Crippen LogP contribution in [0.3, 0.4) is 0 Å². The number of nitrogens with zero attached hydrogens (tertiary/aromatic N) is 3. The molecule has 1 aromatic heterocycles. The van der Waals surface area contributed by atoms with E-state index in [9.17, 15) is 24.0 Å². The van der Waals surface area contributed by atoms with Crippen LogP contribution in [0.5, 0.6) is 0 Å². The average Bonchev–Trinajstić information content (AvgIpc) is 3.22. The van der Waals surface area contributed by atoms with Crippen molar-refractivity contribution in [2.45, 2.75) is 178 Å². The molecule has 3 aliphatic rings. The van der Waals surface area contributed by atoms with Crippen LogP contribution in [0.1, 0.15) is 165 Å². The summed E-state index contributed by atoms with van der Waals surface area (Å²) in [7, 11) is 1.82. The van der Waals surface area contributed by atoms with E-state index in [2.05, 4.69) is 116 Å². The van der Waals surface area contributed by atoms with Gasteiger partial charge in [-0.25, -0.2) is 29.2 Å². The maximum atomic E-state index is 13.4. The molecule has 2 fully saturated rings. The van der Waals surface area contributed by atoms with Gasteiger partial charge in [0.2, 0.25) is 11.9 Å². The lowest BCUT2D eigenvalue weighted by molar-refractivity contribution is 0.0196. The summed E-state index contributed by atoms with van der Waals surface area (Å²) in [5.41, 5.74) is 0.980. The highest BCUT2D eigenvalue weighted by Gasteiger charge is 2.44. The van der Waals surface area contributed by atoms with E-state index in [0.717, 1.165) is 89.2 Å². The minimum Gasteiger partial charge on any atom is -0.450 e. The van der Waals surface area contributed by atoms with Gasteiger partial charge in [0.15, 0.2) is 0 Å². The third-order valence-electron chi connectivity index (χ3n) is 14.6. The standard InChI is InChI=1S/C52H88N10O7/c1-14-37(19-22-69-48(67)62(13)41-28-50(9,10)31-52(12,29-41)33-54-46(65)61-44-57-36(6)24-42(63)59-44)17-18-38(15-2)25-39(16-3)20-21-68-47(66)58-40-26-49(7,8)30-51(11,27-40)32-53-45(64)60-43-55-34(4)23-35(5)56-43/h23-24,37-41H,4,14-22,25-33H2,1-3,5-13H3,(H,58,66)(H3,53,55,56,60,64)(H3,54,57,59,61,63,65). The van der Waals surface area contributed by atoms with E-state index in [-0.39, 0.29) is 63.5 Å². The number of aromatic amines is 1. The molecule has 17 heteroatoms. The van der Waals surface area contributed by atoms with Crippen molar-refractivity contribution in [3.8, 4) is 0 Å². The molecule has 0 radical (unpaired) electrons. The lowest BCUT2D eigenvalue weighted by Gasteiger charge is -2.48. The van der Waals surface area contributed by atoms with Crippen LogP contribution in [0.15, 0.2) is 39.9 Å². The summed E-state index contributed by atoms with van der Waals surface area (Å²) >= 11 is 0. The number of anilines is 1. The highest BCUT2D eigenvalue weighted by molar-refractivity contribution is 5.98. The first kappa shape index (κ1) is 56.5. The van der Waals surface area contributed by atoms with Gasteiger partial charge in [0.05, 0.1) is 13.2 Å². The normalized spacial score (nSPS) is 24.2. The molecule has 7 unspecified atom stereocenters. The Morgan fingerprint density at radius 3 is 1.99 bits per heavy atom. The molecule has 7 N–H and O–H groups in total. The molecule has 2 aliphatic carbocycles. The van der Waals surface area contributed by atoms with Crippen LogP contribution >= 0.6 is 0 Å². The van der Waals surface area contributed by atoms with Gasteiger partial charge < -0.3 is 35.6 Å². The Bertz CT molecular complexity index is 2050. The Labute approximate surface area is 412 Å². The van der Waals surface area contributed by atoms with Crippen molar-refractivity contribution in [3.63, 3.8) is 0 Å². The number of hydrogen-bond acceptors (Lipinski definition) is 10. The minimum absolute atomic E-state index is 0.0376. The van der Waals surface area contributed by atoms with Gasteiger partial charge in [0.1, 0.15) is 0 Å². The van der Waals surface area contributed by atoms with Gasteiger partial charge in [-0.05, 0) is 117 Å². The van der Waals surface area contributed by atoms with Crippen LogP contribution in [-0.4, -0.2) is 90.5 Å². The van der Waals surface area contributed by atoms with Crippen molar-refractivity contribution in [1.82, 2.24) is 41.5 Å². The summed E-state index contributed by atoms with van der Waals surface area (Å²) in [5, 5.41) is 17.5. The second-order valence-corrected chi connectivity index (χ2v) is 22.9. The van der Waals surface area contributed by atoms with Crippen molar-refractivity contribution in [1.29, 1.82) is 0 Å². The smallest absolute Gasteiger partial charge is 0.409 e. The fourth-order valence-corrected chi connectivity index (χ4v) is 11.7. The van der Waals surface area contributed by atoms with Crippen LogP contribution in [0.4, 0.5) is 25.1 Å². The number of amides is 6. The van der Waals surface area contributed by atoms with Crippen LogP contribution < -0.4 is 37.5 Å². The van der Waals surface area contributed by atoms with Crippen LogP contribution in [-0.2, 0) is 9.47 Å². The first-order chi connectivity index (χ1) is 32.3. The van der Waals surface area contributed by atoms with Gasteiger partial charge >= 0.3 is 24.2 Å². The number of ether oxygens (including phenoxy) is 2. The molecule has 69 heavy (non-hydrogen) atoms. The second kappa shape index (κ2) is 25.2. The van der Waals surface area contributed by atoms with Gasteiger partial charge in [-0.3, -0.25) is 20.4 Å². The number of rotatable bonds is 21. The molecule has 6 amide bonds. The van der Waals surface area contributed by atoms with Gasteiger partial charge in [-0.1, -0.05) is 101 Å². The summed E-state index contributed by atoms with van der Waals surface area (Å²) in [6.07, 6.45) is 14.0. The third kappa shape index (κ3) is 19.3. The molecule has 2 saturated carbocycles. The molecular formula is C52H88N10O7. The maximum Gasteiger partial charge on any atom is 0.409 e. The number of hydrogen-bond donors (Lipinski definition) is 7. The largest absolute Gasteiger partial charge is 0.450 e. The number of aromatic nitrogens is 2. The molecule has 4 rings (SSSR count). The molecule has 0 saturated heterocycles. The number of urea groups is 2. The fraction of sp³-hybridized carbons (Fsp3) is 0.750. The summed E-state index contributed by atoms with van der Waals surface area (Å²) in [6.45, 7) is 28.8. The number of aryl methyl sites for hydroxylation is 1. The summed E-state index contributed by atoms with van der Waals surface area (Å²) in [6, 6.07) is 0.442. The predicted molar refractivity (Wildman–Crippen MR) is 274 cm³/mol. The lowest BCUT2D eigenvalue weighted by Crippen LogP contribution is -2.53. The zero-order valence-corrected chi connectivity index (χ0v) is 44.2. The Kier molecular flexibility index (Phi) is 20.6. The van der Waals surface area contributed by atoms with E-state index in [1.165, 1.54) is 6.07 Å². The number of H-pyrrole nitrogens is 1. The number of carbonyl (C=O) groups is 4. The van der Waals surface area contributed by atoms with E-state index >= 15 is 0 Å². The van der Waals surface area contributed by atoms with E-state index < -0.39 is 6.03 Å². The minimum atomic E-state index is -0.449. The van der Waals surface area contributed by atoms with Crippen LogP contribution in [0, 0.1) is 46.3 Å². The summed E-state index contributed by atoms with van der Waals surface area (Å²) < 4.78 is 11.7. The van der Waals surface area contributed by atoms with Crippen LogP contribution in [0.25, 0.3) is 0 Å². The first-order valence-electron chi connectivity index (χ1n) is 25.5. The predicted octanol–water partition coefficient (Wildman–Crippen LogP) is 9.87. The Morgan fingerprint density at radius 1 is 0.797 bits per heavy atom. The zero-order valence-electron chi connectivity index (χ0n) is 44.2. The highest BCUT2D eigenvalue weighted by Crippen LogP contribution is 2.48.